The Kier molecular flexibility index (Phi) is 5.55. The van der Waals surface area contributed by atoms with Gasteiger partial charge in [-0.2, -0.15) is 17.4 Å². The van der Waals surface area contributed by atoms with Crippen LogP contribution in [0.1, 0.15) is 46.0 Å². The van der Waals surface area contributed by atoms with E-state index < -0.39 is 22.2 Å². The lowest BCUT2D eigenvalue weighted by molar-refractivity contribution is -0.137. The number of carboxylic acids is 1. The van der Waals surface area contributed by atoms with Gasteiger partial charge in [-0.05, 0) is 26.2 Å². The highest BCUT2D eigenvalue weighted by atomic mass is 32.2. The number of piperidine rings is 1. The van der Waals surface area contributed by atoms with Crippen LogP contribution in [0.25, 0.3) is 0 Å². The topological polar surface area (TPSA) is 86.7 Å². The highest BCUT2D eigenvalue weighted by Crippen LogP contribution is 2.19. The maximum Gasteiger partial charge on any atom is 0.304 e. The summed E-state index contributed by atoms with van der Waals surface area (Å²) >= 11 is 0. The van der Waals surface area contributed by atoms with Gasteiger partial charge in [0.05, 0.1) is 6.42 Å². The Morgan fingerprint density at radius 2 is 2.17 bits per heavy atom. The molecule has 1 aliphatic rings. The Hall–Kier alpha value is -0.660. The Balaban J connectivity index is 2.70. The van der Waals surface area contributed by atoms with Crippen LogP contribution in [0.5, 0.6) is 0 Å². The van der Waals surface area contributed by atoms with Crippen LogP contribution >= 0.6 is 0 Å². The summed E-state index contributed by atoms with van der Waals surface area (Å²) in [6, 6.07) is -0.555. The van der Waals surface area contributed by atoms with Crippen molar-refractivity contribution < 1.29 is 18.3 Å². The number of hydrogen-bond acceptors (Lipinski definition) is 3. The highest BCUT2D eigenvalue weighted by molar-refractivity contribution is 7.87. The second kappa shape index (κ2) is 6.49. The van der Waals surface area contributed by atoms with E-state index in [1.165, 1.54) is 4.31 Å². The zero-order valence-corrected chi connectivity index (χ0v) is 11.7. The van der Waals surface area contributed by atoms with Crippen molar-refractivity contribution in [3.8, 4) is 0 Å². The summed E-state index contributed by atoms with van der Waals surface area (Å²) in [5, 5.41) is 8.73. The summed E-state index contributed by atoms with van der Waals surface area (Å²) in [5.74, 6) is -0.990. The molecule has 0 aromatic carbocycles. The van der Waals surface area contributed by atoms with Gasteiger partial charge in [-0.25, -0.2) is 0 Å². The van der Waals surface area contributed by atoms with Gasteiger partial charge >= 0.3 is 5.97 Å². The van der Waals surface area contributed by atoms with Crippen LogP contribution in [0.3, 0.4) is 0 Å². The van der Waals surface area contributed by atoms with Crippen molar-refractivity contribution >= 4 is 16.2 Å². The molecule has 0 spiro atoms. The molecular weight excluding hydrogens is 256 g/mol. The first-order valence-electron chi connectivity index (χ1n) is 6.37. The van der Waals surface area contributed by atoms with Crippen molar-refractivity contribution in [2.45, 2.75) is 58.0 Å². The van der Waals surface area contributed by atoms with Gasteiger partial charge < -0.3 is 5.11 Å². The van der Waals surface area contributed by atoms with Crippen molar-refractivity contribution in [3.05, 3.63) is 0 Å². The molecule has 6 nitrogen and oxygen atoms in total. The van der Waals surface area contributed by atoms with Gasteiger partial charge in [-0.1, -0.05) is 13.3 Å². The molecule has 1 heterocycles. The number of aliphatic carboxylic acids is 1. The van der Waals surface area contributed by atoms with Gasteiger partial charge in [0.1, 0.15) is 0 Å². The Morgan fingerprint density at radius 1 is 1.50 bits per heavy atom. The molecule has 1 fully saturated rings. The van der Waals surface area contributed by atoms with Gasteiger partial charge in [0.2, 0.25) is 0 Å². The maximum atomic E-state index is 12.2. The van der Waals surface area contributed by atoms with Crippen molar-refractivity contribution in [1.82, 2.24) is 9.03 Å². The molecule has 0 aliphatic carbocycles. The molecule has 18 heavy (non-hydrogen) atoms. The maximum absolute atomic E-state index is 12.2. The van der Waals surface area contributed by atoms with Crippen LogP contribution in [-0.2, 0) is 15.0 Å². The molecule has 2 N–H and O–H groups in total. The first-order chi connectivity index (χ1) is 8.36. The van der Waals surface area contributed by atoms with Crippen molar-refractivity contribution in [2.75, 3.05) is 6.54 Å². The second-order valence-electron chi connectivity index (χ2n) is 4.78. The average molecular weight is 278 g/mol. The number of hydrogen-bond donors (Lipinski definition) is 2. The van der Waals surface area contributed by atoms with Gasteiger partial charge in [0, 0.05) is 18.6 Å². The van der Waals surface area contributed by atoms with E-state index in [0.29, 0.717) is 13.0 Å². The highest BCUT2D eigenvalue weighted by Gasteiger charge is 2.31. The molecule has 106 valence electrons. The third-order valence-corrected chi connectivity index (χ3v) is 5.07. The van der Waals surface area contributed by atoms with Crippen molar-refractivity contribution in [1.29, 1.82) is 0 Å². The zero-order chi connectivity index (χ0) is 13.8. The van der Waals surface area contributed by atoms with E-state index in [1.807, 2.05) is 6.92 Å². The molecule has 0 amide bonds. The first kappa shape index (κ1) is 15.4. The van der Waals surface area contributed by atoms with Gasteiger partial charge in [0.15, 0.2) is 0 Å². The lowest BCUT2D eigenvalue weighted by atomic mass is 10.1. The van der Waals surface area contributed by atoms with E-state index in [0.717, 1.165) is 19.3 Å². The third kappa shape index (κ3) is 4.22. The van der Waals surface area contributed by atoms with Crippen LogP contribution in [0.15, 0.2) is 0 Å². The predicted octanol–water partition coefficient (Wildman–Crippen LogP) is 0.949. The summed E-state index contributed by atoms with van der Waals surface area (Å²) in [7, 11) is -3.57. The van der Waals surface area contributed by atoms with Crippen LogP contribution in [0.2, 0.25) is 0 Å². The molecule has 2 unspecified atom stereocenters. The Morgan fingerprint density at radius 3 is 2.67 bits per heavy atom. The van der Waals surface area contributed by atoms with Crippen molar-refractivity contribution in [3.63, 3.8) is 0 Å². The average Bonchev–Trinajstić information content (AvgIpc) is 2.27. The van der Waals surface area contributed by atoms with E-state index in [4.69, 9.17) is 5.11 Å². The molecule has 2 atom stereocenters. The van der Waals surface area contributed by atoms with E-state index in [9.17, 15) is 13.2 Å². The molecule has 0 bridgehead atoms. The van der Waals surface area contributed by atoms with Crippen LogP contribution in [-0.4, -0.2) is 42.4 Å². The second-order valence-corrected chi connectivity index (χ2v) is 6.44. The number of nitrogens with zero attached hydrogens (tertiary/aromatic N) is 1. The molecule has 1 aliphatic heterocycles. The number of carbonyl (C=O) groups is 1. The zero-order valence-electron chi connectivity index (χ0n) is 10.9. The van der Waals surface area contributed by atoms with Gasteiger partial charge in [0.25, 0.3) is 10.2 Å². The largest absolute Gasteiger partial charge is 0.481 e. The minimum atomic E-state index is -3.57. The summed E-state index contributed by atoms with van der Waals surface area (Å²) in [6.45, 7) is 4.17. The SMILES string of the molecule is CCC(CC(=O)O)NS(=O)(=O)N1CCCCC1C. The molecule has 0 radical (unpaired) electrons. The van der Waals surface area contributed by atoms with Crippen LogP contribution < -0.4 is 4.72 Å². The fourth-order valence-electron chi connectivity index (χ4n) is 2.19. The molecule has 0 saturated carbocycles. The minimum Gasteiger partial charge on any atom is -0.481 e. The fourth-order valence-corrected chi connectivity index (χ4v) is 3.94. The summed E-state index contributed by atoms with van der Waals surface area (Å²) in [5.41, 5.74) is 0. The summed E-state index contributed by atoms with van der Waals surface area (Å²) in [4.78, 5) is 10.6. The summed E-state index contributed by atoms with van der Waals surface area (Å²) < 4.78 is 28.3. The van der Waals surface area contributed by atoms with E-state index >= 15 is 0 Å². The number of nitrogens with one attached hydrogen (secondary N) is 1. The van der Waals surface area contributed by atoms with Crippen LogP contribution in [0.4, 0.5) is 0 Å². The first-order valence-corrected chi connectivity index (χ1v) is 7.81. The van der Waals surface area contributed by atoms with E-state index in [2.05, 4.69) is 4.72 Å². The standard InChI is InChI=1S/C11H22N2O4S/c1-3-10(8-11(14)15)12-18(16,17)13-7-5-4-6-9(13)2/h9-10,12H,3-8H2,1-2H3,(H,14,15). The third-order valence-electron chi connectivity index (χ3n) is 3.28. The number of carboxylic acid groups (broad SMARTS) is 1. The lowest BCUT2D eigenvalue weighted by Gasteiger charge is -2.33. The Bertz CT molecular complexity index is 383. The van der Waals surface area contributed by atoms with E-state index in [1.54, 1.807) is 6.92 Å². The normalized spacial score (nSPS) is 23.8. The predicted molar refractivity (Wildman–Crippen MR) is 68.4 cm³/mol. The molecular formula is C11H22N2O4S. The monoisotopic (exact) mass is 278 g/mol. The lowest BCUT2D eigenvalue weighted by Crippen LogP contribution is -2.50. The molecule has 1 rings (SSSR count). The fraction of sp³-hybridized carbons (Fsp3) is 0.909. The summed E-state index contributed by atoms with van der Waals surface area (Å²) in [6.07, 6.45) is 3.04. The quantitative estimate of drug-likeness (QED) is 0.757. The molecule has 0 aromatic heterocycles. The van der Waals surface area contributed by atoms with E-state index in [-0.39, 0.29) is 12.5 Å². The smallest absolute Gasteiger partial charge is 0.304 e. The minimum absolute atomic E-state index is 0.0152. The molecule has 7 heteroatoms. The van der Waals surface area contributed by atoms with Crippen LogP contribution in [0, 0.1) is 0 Å². The Labute approximate surface area is 109 Å². The molecule has 1 saturated heterocycles. The van der Waals surface area contributed by atoms with Gasteiger partial charge in [-0.3, -0.25) is 4.79 Å². The van der Waals surface area contributed by atoms with Crippen molar-refractivity contribution in [2.24, 2.45) is 0 Å². The van der Waals surface area contributed by atoms with Gasteiger partial charge in [-0.15, -0.1) is 0 Å². The number of rotatable bonds is 6. The molecule has 0 aromatic rings.